The van der Waals surface area contributed by atoms with Crippen LogP contribution < -0.4 is 4.74 Å². The molecule has 160 valence electrons. The molecule has 0 aliphatic carbocycles. The summed E-state index contributed by atoms with van der Waals surface area (Å²) in [6.07, 6.45) is 2.51. The molecule has 0 saturated carbocycles. The lowest BCUT2D eigenvalue weighted by atomic mass is 10.1. The third-order valence-electron chi connectivity index (χ3n) is 5.70. The summed E-state index contributed by atoms with van der Waals surface area (Å²) < 4.78 is 23.3. The van der Waals surface area contributed by atoms with Crippen molar-refractivity contribution >= 4 is 22.5 Å². The van der Waals surface area contributed by atoms with Gasteiger partial charge in [0.2, 0.25) is 0 Å². The van der Waals surface area contributed by atoms with E-state index in [9.17, 15) is 4.39 Å². The van der Waals surface area contributed by atoms with E-state index < -0.39 is 0 Å². The monoisotopic (exact) mass is 445 g/mol. The van der Waals surface area contributed by atoms with Crippen LogP contribution in [0.3, 0.4) is 0 Å². The van der Waals surface area contributed by atoms with Gasteiger partial charge in [-0.25, -0.2) is 9.37 Å². The van der Waals surface area contributed by atoms with E-state index in [1.807, 2.05) is 54.2 Å². The van der Waals surface area contributed by atoms with E-state index in [-0.39, 0.29) is 5.82 Å². The van der Waals surface area contributed by atoms with E-state index in [1.165, 1.54) is 12.1 Å². The highest BCUT2D eigenvalue weighted by molar-refractivity contribution is 6.30. The van der Waals surface area contributed by atoms with Crippen LogP contribution in [0.2, 0.25) is 5.02 Å². The quantitative estimate of drug-likeness (QED) is 0.312. The number of imidazole rings is 1. The Bertz CT molecular complexity index is 1420. The smallest absolute Gasteiger partial charge is 0.126 e. The Morgan fingerprint density at radius 3 is 2.53 bits per heavy atom. The fourth-order valence-electron chi connectivity index (χ4n) is 4.06. The molecule has 0 radical (unpaired) electrons. The maximum atomic E-state index is 13.7. The molecule has 32 heavy (non-hydrogen) atoms. The van der Waals surface area contributed by atoms with Crippen LogP contribution in [-0.2, 0) is 13.5 Å². The molecule has 0 atom stereocenters. The van der Waals surface area contributed by atoms with Gasteiger partial charge in [0.1, 0.15) is 23.1 Å². The molecule has 3 aromatic carbocycles. The molecule has 0 amide bonds. The Labute approximate surface area is 190 Å². The number of halogens is 2. The zero-order chi connectivity index (χ0) is 22.2. The Kier molecular flexibility index (Phi) is 5.19. The lowest BCUT2D eigenvalue weighted by Crippen LogP contribution is -2.03. The number of methoxy groups -OCH3 is 1. The van der Waals surface area contributed by atoms with Gasteiger partial charge in [-0.2, -0.15) is 0 Å². The molecule has 4 nitrogen and oxygen atoms in total. The molecule has 0 unspecified atom stereocenters. The molecule has 0 fully saturated rings. The summed E-state index contributed by atoms with van der Waals surface area (Å²) in [6.45, 7) is 0. The van der Waals surface area contributed by atoms with E-state index in [1.54, 1.807) is 13.2 Å². The van der Waals surface area contributed by atoms with Crippen molar-refractivity contribution in [2.24, 2.45) is 7.05 Å². The number of ether oxygens (including phenoxy) is 1. The molecule has 5 rings (SSSR count). The maximum absolute atomic E-state index is 13.7. The van der Waals surface area contributed by atoms with Gasteiger partial charge < -0.3 is 13.9 Å². The van der Waals surface area contributed by atoms with Gasteiger partial charge in [0.25, 0.3) is 0 Å². The minimum Gasteiger partial charge on any atom is -0.496 e. The van der Waals surface area contributed by atoms with Gasteiger partial charge in [-0.3, -0.25) is 0 Å². The van der Waals surface area contributed by atoms with Crippen molar-refractivity contribution in [3.63, 3.8) is 0 Å². The average molecular weight is 446 g/mol. The van der Waals surface area contributed by atoms with Gasteiger partial charge in [-0.1, -0.05) is 35.9 Å². The van der Waals surface area contributed by atoms with Gasteiger partial charge in [-0.05, 0) is 42.5 Å². The number of hydrogen-bond acceptors (Lipinski definition) is 2. The summed E-state index contributed by atoms with van der Waals surface area (Å²) in [5.41, 5.74) is 4.83. The van der Waals surface area contributed by atoms with Crippen LogP contribution in [0.25, 0.3) is 28.0 Å². The minimum absolute atomic E-state index is 0.331. The number of para-hydroxylation sites is 1. The number of aromatic nitrogens is 3. The number of aryl methyl sites for hydroxylation is 1. The summed E-state index contributed by atoms with van der Waals surface area (Å²) in [5.74, 6) is 0.988. The van der Waals surface area contributed by atoms with Crippen LogP contribution >= 0.6 is 11.6 Å². The van der Waals surface area contributed by atoms with Crippen molar-refractivity contribution < 1.29 is 9.13 Å². The summed E-state index contributed by atoms with van der Waals surface area (Å²) >= 11 is 6.11. The highest BCUT2D eigenvalue weighted by Gasteiger charge is 2.17. The van der Waals surface area contributed by atoms with Crippen LogP contribution in [0.15, 0.2) is 79.0 Å². The van der Waals surface area contributed by atoms with E-state index >= 15 is 0 Å². The molecule has 0 N–H and O–H groups in total. The molecular formula is C26H21ClFN3O. The van der Waals surface area contributed by atoms with E-state index in [2.05, 4.69) is 22.8 Å². The molecule has 0 spiro atoms. The number of rotatable bonds is 5. The summed E-state index contributed by atoms with van der Waals surface area (Å²) in [6, 6.07) is 22.6. The second-order valence-corrected chi connectivity index (χ2v) is 8.11. The van der Waals surface area contributed by atoms with E-state index in [0.717, 1.165) is 39.4 Å². The van der Waals surface area contributed by atoms with Crippen LogP contribution in [0.4, 0.5) is 4.39 Å². The van der Waals surface area contributed by atoms with Crippen molar-refractivity contribution in [1.82, 2.24) is 14.1 Å². The minimum atomic E-state index is -0.331. The predicted octanol–water partition coefficient (Wildman–Crippen LogP) is 6.42. The second-order valence-electron chi connectivity index (χ2n) is 7.67. The van der Waals surface area contributed by atoms with E-state index in [0.29, 0.717) is 17.2 Å². The van der Waals surface area contributed by atoms with Gasteiger partial charge in [-0.15, -0.1) is 0 Å². The summed E-state index contributed by atoms with van der Waals surface area (Å²) in [5, 5.41) is 1.83. The van der Waals surface area contributed by atoms with Crippen molar-refractivity contribution in [1.29, 1.82) is 0 Å². The first-order chi connectivity index (χ1) is 15.5. The molecule has 0 bridgehead atoms. The normalized spacial score (nSPS) is 11.2. The Morgan fingerprint density at radius 2 is 1.78 bits per heavy atom. The van der Waals surface area contributed by atoms with Crippen molar-refractivity contribution in [2.75, 3.05) is 7.11 Å². The van der Waals surface area contributed by atoms with Crippen LogP contribution in [-0.4, -0.2) is 21.2 Å². The second kappa shape index (κ2) is 8.17. The first-order valence-electron chi connectivity index (χ1n) is 10.2. The van der Waals surface area contributed by atoms with Crippen molar-refractivity contribution in [3.05, 3.63) is 101 Å². The van der Waals surface area contributed by atoms with Gasteiger partial charge in [0, 0.05) is 52.9 Å². The fourth-order valence-corrected chi connectivity index (χ4v) is 4.19. The number of benzene rings is 3. The fraction of sp³-hybridized carbons (Fsp3) is 0.115. The Balaban J connectivity index is 1.65. The standard InChI is InChI=1S/C26H21ClFN3O/c1-30-23-6-4-3-5-17(23)13-24(30)22-16-31(21-11-8-19(27)9-12-21)26(29-22)14-18-7-10-20(28)15-25(18)32-2/h3-13,15-16H,14H2,1-2H3. The molecule has 5 aromatic rings. The zero-order valence-corrected chi connectivity index (χ0v) is 18.5. The predicted molar refractivity (Wildman–Crippen MR) is 126 cm³/mol. The summed E-state index contributed by atoms with van der Waals surface area (Å²) in [7, 11) is 3.59. The van der Waals surface area contributed by atoms with Gasteiger partial charge in [0.15, 0.2) is 0 Å². The van der Waals surface area contributed by atoms with Crippen LogP contribution in [0, 0.1) is 5.82 Å². The molecule has 0 aliphatic rings. The third-order valence-corrected chi connectivity index (χ3v) is 5.95. The maximum Gasteiger partial charge on any atom is 0.126 e. The van der Waals surface area contributed by atoms with Crippen LogP contribution in [0.5, 0.6) is 5.75 Å². The molecular weight excluding hydrogens is 425 g/mol. The largest absolute Gasteiger partial charge is 0.496 e. The summed E-state index contributed by atoms with van der Waals surface area (Å²) in [4.78, 5) is 4.99. The van der Waals surface area contributed by atoms with E-state index in [4.69, 9.17) is 21.3 Å². The molecule has 6 heteroatoms. The van der Waals surface area contributed by atoms with Gasteiger partial charge in [0.05, 0.1) is 12.8 Å². The lowest BCUT2D eigenvalue weighted by molar-refractivity contribution is 0.406. The number of hydrogen-bond donors (Lipinski definition) is 0. The van der Waals surface area contributed by atoms with Crippen molar-refractivity contribution in [3.8, 4) is 22.8 Å². The van der Waals surface area contributed by atoms with Crippen molar-refractivity contribution in [2.45, 2.75) is 6.42 Å². The highest BCUT2D eigenvalue weighted by atomic mass is 35.5. The molecule has 0 saturated heterocycles. The Hall–Kier alpha value is -3.57. The lowest BCUT2D eigenvalue weighted by Gasteiger charge is -2.11. The molecule has 2 aromatic heterocycles. The molecule has 2 heterocycles. The number of fused-ring (bicyclic) bond motifs is 1. The number of nitrogens with zero attached hydrogens (tertiary/aromatic N) is 3. The first-order valence-corrected chi connectivity index (χ1v) is 10.6. The first kappa shape index (κ1) is 20.3. The Morgan fingerprint density at radius 1 is 1.00 bits per heavy atom. The third kappa shape index (κ3) is 3.65. The molecule has 0 aliphatic heterocycles. The van der Waals surface area contributed by atoms with Crippen LogP contribution in [0.1, 0.15) is 11.4 Å². The highest BCUT2D eigenvalue weighted by Crippen LogP contribution is 2.30. The topological polar surface area (TPSA) is 32.0 Å². The zero-order valence-electron chi connectivity index (χ0n) is 17.7. The SMILES string of the molecule is COc1cc(F)ccc1Cc1nc(-c2cc3ccccc3n2C)cn1-c1ccc(Cl)cc1. The average Bonchev–Trinajstić information content (AvgIpc) is 3.37. The van der Waals surface area contributed by atoms with Gasteiger partial charge >= 0.3 is 0 Å².